The van der Waals surface area contributed by atoms with Crippen LogP contribution in [0.1, 0.15) is 43.6 Å². The van der Waals surface area contributed by atoms with Gasteiger partial charge in [0.2, 0.25) is 5.91 Å². The first-order chi connectivity index (χ1) is 12.6. The van der Waals surface area contributed by atoms with Crippen molar-refractivity contribution in [3.63, 3.8) is 0 Å². The maximum Gasteiger partial charge on any atom is 0.226 e. The van der Waals surface area contributed by atoms with Crippen LogP contribution in [0.25, 0.3) is 0 Å². The maximum absolute atomic E-state index is 13.0. The average molecular weight is 359 g/mol. The highest BCUT2D eigenvalue weighted by atomic mass is 16.5. The molecular formula is C20H29N3O3. The predicted molar refractivity (Wildman–Crippen MR) is 95.3 cm³/mol. The smallest absolute Gasteiger partial charge is 0.226 e. The molecule has 3 heterocycles. The van der Waals surface area contributed by atoms with Crippen LogP contribution < -0.4 is 0 Å². The Morgan fingerprint density at radius 3 is 2.77 bits per heavy atom. The zero-order valence-corrected chi connectivity index (χ0v) is 15.8. The lowest BCUT2D eigenvalue weighted by Gasteiger charge is -2.29. The van der Waals surface area contributed by atoms with Gasteiger partial charge in [-0.05, 0) is 44.4 Å². The molecule has 0 spiro atoms. The van der Waals surface area contributed by atoms with Gasteiger partial charge in [0.15, 0.2) is 0 Å². The Balaban J connectivity index is 1.34. The molecule has 4 aliphatic rings. The van der Waals surface area contributed by atoms with E-state index in [2.05, 4.69) is 23.4 Å². The van der Waals surface area contributed by atoms with E-state index in [0.29, 0.717) is 30.9 Å². The second kappa shape index (κ2) is 6.34. The number of ether oxygens (including phenoxy) is 2. The van der Waals surface area contributed by atoms with Gasteiger partial charge in [0.25, 0.3) is 0 Å². The summed E-state index contributed by atoms with van der Waals surface area (Å²) in [6, 6.07) is 0. The van der Waals surface area contributed by atoms with Gasteiger partial charge in [-0.15, -0.1) is 0 Å². The minimum Gasteiger partial charge on any atom is -0.381 e. The SMILES string of the molecule is CC(C)OCc1nn(CC2CC2)c2c1CN(C(=O)C1[C@H]3COC[C@@H]13)CC2. The molecule has 2 saturated carbocycles. The largest absolute Gasteiger partial charge is 0.381 e. The highest BCUT2D eigenvalue weighted by molar-refractivity contribution is 5.83. The van der Waals surface area contributed by atoms with E-state index < -0.39 is 0 Å². The molecule has 2 aliphatic carbocycles. The first kappa shape index (κ1) is 16.8. The maximum atomic E-state index is 13.0. The van der Waals surface area contributed by atoms with Gasteiger partial charge < -0.3 is 14.4 Å². The first-order valence-corrected chi connectivity index (χ1v) is 10.2. The number of hydrogen-bond donors (Lipinski definition) is 0. The molecule has 26 heavy (non-hydrogen) atoms. The summed E-state index contributed by atoms with van der Waals surface area (Å²) in [7, 11) is 0. The summed E-state index contributed by atoms with van der Waals surface area (Å²) in [5, 5.41) is 4.89. The minimum atomic E-state index is 0.186. The van der Waals surface area contributed by atoms with E-state index in [9.17, 15) is 4.79 Å². The Labute approximate surface area is 154 Å². The van der Waals surface area contributed by atoms with Gasteiger partial charge in [0.1, 0.15) is 0 Å². The van der Waals surface area contributed by atoms with Gasteiger partial charge in [-0.25, -0.2) is 0 Å². The average Bonchev–Trinajstić information content (AvgIpc) is 3.49. The molecular weight excluding hydrogens is 330 g/mol. The first-order valence-electron chi connectivity index (χ1n) is 10.2. The number of rotatable bonds is 6. The lowest BCUT2D eigenvalue weighted by Crippen LogP contribution is -2.38. The van der Waals surface area contributed by atoms with Crippen molar-refractivity contribution in [2.45, 2.75) is 58.9 Å². The number of aromatic nitrogens is 2. The summed E-state index contributed by atoms with van der Waals surface area (Å²) in [5.74, 6) is 2.29. The molecule has 1 aromatic rings. The lowest BCUT2D eigenvalue weighted by molar-refractivity contribution is -0.135. The predicted octanol–water partition coefficient (Wildman–Crippen LogP) is 2.00. The van der Waals surface area contributed by atoms with Crippen LogP contribution in [0.4, 0.5) is 0 Å². The van der Waals surface area contributed by atoms with E-state index in [0.717, 1.165) is 44.3 Å². The molecule has 1 saturated heterocycles. The Morgan fingerprint density at radius 2 is 2.08 bits per heavy atom. The summed E-state index contributed by atoms with van der Waals surface area (Å²) < 4.78 is 13.5. The molecule has 1 amide bonds. The molecule has 1 aromatic heterocycles. The standard InChI is InChI=1S/C20H29N3O3/c1-12(2)26-11-17-14-8-22(20(24)19-15-9-25-10-16(15)19)6-5-18(14)23(21-17)7-13-3-4-13/h12-13,15-16,19H,3-11H2,1-2H3/t15-,16+,19?. The fourth-order valence-corrected chi connectivity index (χ4v) is 4.62. The molecule has 3 atom stereocenters. The van der Waals surface area contributed by atoms with Crippen molar-refractivity contribution >= 4 is 5.91 Å². The third-order valence-electron chi connectivity index (χ3n) is 6.45. The Bertz CT molecular complexity index is 699. The van der Waals surface area contributed by atoms with E-state index in [1.165, 1.54) is 24.1 Å². The molecule has 3 fully saturated rings. The molecule has 0 N–H and O–H groups in total. The Hall–Kier alpha value is -1.40. The van der Waals surface area contributed by atoms with E-state index >= 15 is 0 Å². The molecule has 142 valence electrons. The second-order valence-electron chi connectivity index (χ2n) is 8.76. The molecule has 2 aliphatic heterocycles. The molecule has 0 aromatic carbocycles. The van der Waals surface area contributed by atoms with Crippen LogP contribution in [-0.2, 0) is 40.4 Å². The van der Waals surface area contributed by atoms with Crippen LogP contribution in [0.5, 0.6) is 0 Å². The van der Waals surface area contributed by atoms with Gasteiger partial charge in [-0.3, -0.25) is 9.48 Å². The van der Waals surface area contributed by atoms with Gasteiger partial charge in [-0.2, -0.15) is 5.10 Å². The van der Waals surface area contributed by atoms with E-state index in [-0.39, 0.29) is 12.0 Å². The highest BCUT2D eigenvalue weighted by Crippen LogP contribution is 2.51. The Kier molecular flexibility index (Phi) is 4.09. The summed E-state index contributed by atoms with van der Waals surface area (Å²) in [5.41, 5.74) is 3.61. The molecule has 5 rings (SSSR count). The molecule has 6 nitrogen and oxygen atoms in total. The minimum absolute atomic E-state index is 0.186. The van der Waals surface area contributed by atoms with Crippen LogP contribution in [-0.4, -0.2) is 46.5 Å². The third kappa shape index (κ3) is 2.97. The number of fused-ring (bicyclic) bond motifs is 2. The zero-order chi connectivity index (χ0) is 17.8. The number of nitrogens with zero attached hydrogens (tertiary/aromatic N) is 3. The van der Waals surface area contributed by atoms with E-state index in [1.807, 2.05) is 0 Å². The van der Waals surface area contributed by atoms with Crippen molar-refractivity contribution < 1.29 is 14.3 Å². The molecule has 0 radical (unpaired) electrons. The fraction of sp³-hybridized carbons (Fsp3) is 0.800. The summed E-state index contributed by atoms with van der Waals surface area (Å²) in [4.78, 5) is 15.0. The molecule has 1 unspecified atom stereocenters. The van der Waals surface area contributed by atoms with Crippen molar-refractivity contribution in [3.05, 3.63) is 17.0 Å². The number of amides is 1. The van der Waals surface area contributed by atoms with Crippen molar-refractivity contribution in [3.8, 4) is 0 Å². The van der Waals surface area contributed by atoms with Gasteiger partial charge in [0, 0.05) is 43.2 Å². The van der Waals surface area contributed by atoms with E-state index in [4.69, 9.17) is 14.6 Å². The topological polar surface area (TPSA) is 56.6 Å². The molecule has 6 heteroatoms. The quantitative estimate of drug-likeness (QED) is 0.779. The Morgan fingerprint density at radius 1 is 1.31 bits per heavy atom. The van der Waals surface area contributed by atoms with Crippen molar-refractivity contribution in [1.29, 1.82) is 0 Å². The van der Waals surface area contributed by atoms with Crippen LogP contribution in [0.15, 0.2) is 0 Å². The van der Waals surface area contributed by atoms with Crippen LogP contribution in [0.2, 0.25) is 0 Å². The van der Waals surface area contributed by atoms with Crippen LogP contribution in [0, 0.1) is 23.7 Å². The fourth-order valence-electron chi connectivity index (χ4n) is 4.62. The lowest BCUT2D eigenvalue weighted by atomic mass is 10.0. The number of carbonyl (C=O) groups is 1. The van der Waals surface area contributed by atoms with Crippen molar-refractivity contribution in [1.82, 2.24) is 14.7 Å². The van der Waals surface area contributed by atoms with Crippen LogP contribution in [0.3, 0.4) is 0 Å². The molecule has 0 bridgehead atoms. The summed E-state index contributed by atoms with van der Waals surface area (Å²) in [6.45, 7) is 8.74. The summed E-state index contributed by atoms with van der Waals surface area (Å²) >= 11 is 0. The summed E-state index contributed by atoms with van der Waals surface area (Å²) in [6.07, 6.45) is 3.75. The van der Waals surface area contributed by atoms with Crippen molar-refractivity contribution in [2.24, 2.45) is 23.7 Å². The van der Waals surface area contributed by atoms with Crippen molar-refractivity contribution in [2.75, 3.05) is 19.8 Å². The normalized spacial score (nSPS) is 29.8. The second-order valence-corrected chi connectivity index (χ2v) is 8.76. The van der Waals surface area contributed by atoms with Gasteiger partial charge in [-0.1, -0.05) is 0 Å². The number of carbonyl (C=O) groups excluding carboxylic acids is 1. The number of hydrogen-bond acceptors (Lipinski definition) is 4. The third-order valence-corrected chi connectivity index (χ3v) is 6.45. The van der Waals surface area contributed by atoms with Gasteiger partial charge in [0.05, 0.1) is 31.6 Å². The zero-order valence-electron chi connectivity index (χ0n) is 15.8. The van der Waals surface area contributed by atoms with Gasteiger partial charge >= 0.3 is 0 Å². The highest BCUT2D eigenvalue weighted by Gasteiger charge is 2.59. The van der Waals surface area contributed by atoms with Crippen LogP contribution >= 0.6 is 0 Å². The monoisotopic (exact) mass is 359 g/mol. The van der Waals surface area contributed by atoms with E-state index in [1.54, 1.807) is 0 Å².